The number of aromatic nitrogens is 2. The maximum atomic E-state index is 12.5. The lowest BCUT2D eigenvalue weighted by molar-refractivity contribution is -0.130. The van der Waals surface area contributed by atoms with Crippen molar-refractivity contribution in [2.75, 3.05) is 39.4 Å². The van der Waals surface area contributed by atoms with Crippen LogP contribution in [0.25, 0.3) is 0 Å². The summed E-state index contributed by atoms with van der Waals surface area (Å²) in [6.07, 6.45) is 3.10. The molecular weight excluding hydrogens is 308 g/mol. The van der Waals surface area contributed by atoms with E-state index in [-0.39, 0.29) is 5.91 Å². The average molecular weight is 336 g/mol. The third-order valence-corrected chi connectivity index (χ3v) is 5.15. The van der Waals surface area contributed by atoms with Crippen LogP contribution in [0.4, 0.5) is 0 Å². The molecule has 0 saturated carbocycles. The van der Waals surface area contributed by atoms with E-state index in [1.54, 1.807) is 6.92 Å². The quantitative estimate of drug-likeness (QED) is 0.779. The van der Waals surface area contributed by atoms with E-state index in [1.807, 2.05) is 4.90 Å². The second-order valence-electron chi connectivity index (χ2n) is 6.77. The Morgan fingerprint density at radius 2 is 2.08 bits per heavy atom. The SMILES string of the molecule is CC[C@H]1CN(C(=O)CCCc2nc(C)no2)C[C@H]1N1CCOCC1. The van der Waals surface area contributed by atoms with Crippen LogP contribution < -0.4 is 0 Å². The van der Waals surface area contributed by atoms with E-state index in [0.717, 1.165) is 52.2 Å². The predicted molar refractivity (Wildman–Crippen MR) is 88.5 cm³/mol. The first-order chi connectivity index (χ1) is 11.7. The summed E-state index contributed by atoms with van der Waals surface area (Å²) in [5.74, 6) is 2.10. The fourth-order valence-corrected chi connectivity index (χ4v) is 3.77. The molecular formula is C17H28N4O3. The number of rotatable bonds is 6. The molecule has 0 unspecified atom stereocenters. The van der Waals surface area contributed by atoms with Gasteiger partial charge in [0.15, 0.2) is 5.82 Å². The molecule has 0 spiro atoms. The van der Waals surface area contributed by atoms with Crippen LogP contribution in [0.3, 0.4) is 0 Å². The minimum Gasteiger partial charge on any atom is -0.379 e. The van der Waals surface area contributed by atoms with Gasteiger partial charge in [-0.15, -0.1) is 0 Å². The van der Waals surface area contributed by atoms with Crippen molar-refractivity contribution in [1.29, 1.82) is 0 Å². The highest BCUT2D eigenvalue weighted by Gasteiger charge is 2.37. The van der Waals surface area contributed by atoms with Crippen molar-refractivity contribution in [3.05, 3.63) is 11.7 Å². The van der Waals surface area contributed by atoms with Crippen LogP contribution in [0.2, 0.25) is 0 Å². The molecule has 2 aliphatic rings. The Hall–Kier alpha value is -1.47. The van der Waals surface area contributed by atoms with Crippen LogP contribution in [0.1, 0.15) is 37.9 Å². The van der Waals surface area contributed by atoms with Gasteiger partial charge in [0.05, 0.1) is 13.2 Å². The average Bonchev–Trinajstić information content (AvgIpc) is 3.22. The number of likely N-dealkylation sites (tertiary alicyclic amines) is 1. The molecule has 1 aromatic rings. The van der Waals surface area contributed by atoms with Crippen molar-refractivity contribution < 1.29 is 14.1 Å². The number of aryl methyl sites for hydroxylation is 2. The molecule has 7 heteroatoms. The Kier molecular flexibility index (Phi) is 5.84. The van der Waals surface area contributed by atoms with Gasteiger partial charge < -0.3 is 14.2 Å². The molecule has 0 aromatic carbocycles. The molecule has 24 heavy (non-hydrogen) atoms. The van der Waals surface area contributed by atoms with Crippen LogP contribution in [0, 0.1) is 12.8 Å². The van der Waals surface area contributed by atoms with Crippen molar-refractivity contribution in [2.45, 2.75) is 45.6 Å². The molecule has 0 aliphatic carbocycles. The van der Waals surface area contributed by atoms with Gasteiger partial charge in [-0.25, -0.2) is 0 Å². The van der Waals surface area contributed by atoms with E-state index in [0.29, 0.717) is 36.5 Å². The molecule has 0 bridgehead atoms. The van der Waals surface area contributed by atoms with Crippen LogP contribution >= 0.6 is 0 Å². The van der Waals surface area contributed by atoms with Crippen LogP contribution in [0.5, 0.6) is 0 Å². The standard InChI is InChI=1S/C17H28N4O3/c1-3-14-11-21(12-15(14)20-7-9-23-10-8-20)17(22)6-4-5-16-18-13(2)19-24-16/h14-15H,3-12H2,1-2H3/t14-,15+/m0/s1. The predicted octanol–water partition coefficient (Wildman–Crippen LogP) is 1.27. The lowest BCUT2D eigenvalue weighted by Gasteiger charge is -2.34. The zero-order valence-electron chi connectivity index (χ0n) is 14.7. The molecule has 0 N–H and O–H groups in total. The van der Waals surface area contributed by atoms with Crippen molar-refractivity contribution in [1.82, 2.24) is 19.9 Å². The number of hydrogen-bond acceptors (Lipinski definition) is 6. The molecule has 1 aromatic heterocycles. The van der Waals surface area contributed by atoms with Crippen molar-refractivity contribution >= 4 is 5.91 Å². The first-order valence-corrected chi connectivity index (χ1v) is 9.06. The first-order valence-electron chi connectivity index (χ1n) is 9.06. The topological polar surface area (TPSA) is 71.7 Å². The van der Waals surface area contributed by atoms with Gasteiger partial charge >= 0.3 is 0 Å². The molecule has 3 heterocycles. The fraction of sp³-hybridized carbons (Fsp3) is 0.824. The molecule has 1 amide bonds. The zero-order chi connectivity index (χ0) is 16.9. The monoisotopic (exact) mass is 336 g/mol. The Labute approximate surface area is 143 Å². The largest absolute Gasteiger partial charge is 0.379 e. The van der Waals surface area contributed by atoms with E-state index in [9.17, 15) is 4.79 Å². The van der Waals surface area contributed by atoms with Crippen molar-refractivity contribution in [3.63, 3.8) is 0 Å². The van der Waals surface area contributed by atoms with E-state index < -0.39 is 0 Å². The van der Waals surface area contributed by atoms with E-state index in [2.05, 4.69) is 22.0 Å². The van der Waals surface area contributed by atoms with Gasteiger partial charge in [0, 0.05) is 45.1 Å². The van der Waals surface area contributed by atoms with Gasteiger partial charge in [-0.3, -0.25) is 9.69 Å². The van der Waals surface area contributed by atoms with Crippen molar-refractivity contribution in [2.24, 2.45) is 5.92 Å². The summed E-state index contributed by atoms with van der Waals surface area (Å²) in [5, 5.41) is 3.78. The van der Waals surface area contributed by atoms with E-state index >= 15 is 0 Å². The lowest BCUT2D eigenvalue weighted by atomic mass is 9.99. The van der Waals surface area contributed by atoms with Gasteiger partial charge in [-0.1, -0.05) is 18.5 Å². The fourth-order valence-electron chi connectivity index (χ4n) is 3.77. The number of carbonyl (C=O) groups excluding carboxylic acids is 1. The molecule has 3 rings (SSSR count). The lowest BCUT2D eigenvalue weighted by Crippen LogP contribution is -2.47. The Morgan fingerprint density at radius 3 is 2.75 bits per heavy atom. The molecule has 134 valence electrons. The maximum Gasteiger partial charge on any atom is 0.226 e. The second-order valence-corrected chi connectivity index (χ2v) is 6.77. The molecule has 7 nitrogen and oxygen atoms in total. The summed E-state index contributed by atoms with van der Waals surface area (Å²) < 4.78 is 10.6. The van der Waals surface area contributed by atoms with E-state index in [1.165, 1.54) is 0 Å². The second kappa shape index (κ2) is 8.07. The Balaban J connectivity index is 1.48. The number of morpholine rings is 1. The molecule has 2 saturated heterocycles. The van der Waals surface area contributed by atoms with Crippen LogP contribution in [0.15, 0.2) is 4.52 Å². The highest BCUT2D eigenvalue weighted by molar-refractivity contribution is 5.76. The third kappa shape index (κ3) is 4.13. The minimum atomic E-state index is 0.250. The van der Waals surface area contributed by atoms with Gasteiger partial charge in [0.1, 0.15) is 0 Å². The highest BCUT2D eigenvalue weighted by atomic mass is 16.5. The first kappa shape index (κ1) is 17.4. The molecule has 2 atom stereocenters. The molecule has 0 radical (unpaired) electrons. The maximum absolute atomic E-state index is 12.5. The number of carbonyl (C=O) groups is 1. The number of hydrogen-bond donors (Lipinski definition) is 0. The number of ether oxygens (including phenoxy) is 1. The summed E-state index contributed by atoms with van der Waals surface area (Å²) in [5.41, 5.74) is 0. The summed E-state index contributed by atoms with van der Waals surface area (Å²) in [6.45, 7) is 9.37. The molecule has 2 aliphatic heterocycles. The summed E-state index contributed by atoms with van der Waals surface area (Å²) in [7, 11) is 0. The van der Waals surface area contributed by atoms with Gasteiger partial charge in [-0.05, 0) is 19.3 Å². The van der Waals surface area contributed by atoms with Crippen LogP contribution in [-0.2, 0) is 16.0 Å². The van der Waals surface area contributed by atoms with E-state index in [4.69, 9.17) is 9.26 Å². The molecule has 2 fully saturated rings. The highest BCUT2D eigenvalue weighted by Crippen LogP contribution is 2.26. The van der Waals surface area contributed by atoms with Gasteiger partial charge in [0.25, 0.3) is 0 Å². The Bertz CT molecular complexity index is 542. The van der Waals surface area contributed by atoms with Gasteiger partial charge in [0.2, 0.25) is 11.8 Å². The van der Waals surface area contributed by atoms with Crippen LogP contribution in [-0.4, -0.2) is 71.3 Å². The number of amides is 1. The number of nitrogens with zero attached hydrogens (tertiary/aromatic N) is 4. The van der Waals surface area contributed by atoms with Crippen molar-refractivity contribution in [3.8, 4) is 0 Å². The summed E-state index contributed by atoms with van der Waals surface area (Å²) in [4.78, 5) is 21.3. The Morgan fingerprint density at radius 1 is 1.29 bits per heavy atom. The summed E-state index contributed by atoms with van der Waals surface area (Å²) >= 11 is 0. The van der Waals surface area contributed by atoms with Gasteiger partial charge in [-0.2, -0.15) is 4.98 Å². The third-order valence-electron chi connectivity index (χ3n) is 5.15. The normalized spacial score (nSPS) is 25.3. The smallest absolute Gasteiger partial charge is 0.226 e. The minimum absolute atomic E-state index is 0.250. The summed E-state index contributed by atoms with van der Waals surface area (Å²) in [6, 6.07) is 0.487. The zero-order valence-corrected chi connectivity index (χ0v) is 14.7.